The van der Waals surface area contributed by atoms with Crippen molar-refractivity contribution in [2.45, 2.75) is 27.2 Å². The SMILES string of the molecule is COCCc1nsc(Nc2cnn(-c3cc(C)ccc3C)c2C)n1. The molecule has 6 nitrogen and oxygen atoms in total. The molecule has 1 N–H and O–H groups in total. The Morgan fingerprint density at radius 2 is 2.08 bits per heavy atom. The number of ether oxygens (including phenoxy) is 1. The van der Waals surface area contributed by atoms with Gasteiger partial charge in [-0.25, -0.2) is 9.67 Å². The molecule has 126 valence electrons. The van der Waals surface area contributed by atoms with Crippen molar-refractivity contribution in [2.75, 3.05) is 19.0 Å². The molecule has 0 saturated heterocycles. The molecule has 0 bridgehead atoms. The average molecular weight is 343 g/mol. The average Bonchev–Trinajstić information content (AvgIpc) is 3.16. The molecule has 0 radical (unpaired) electrons. The molecule has 0 spiro atoms. The van der Waals surface area contributed by atoms with E-state index in [1.165, 1.54) is 22.7 Å². The van der Waals surface area contributed by atoms with E-state index in [4.69, 9.17) is 4.74 Å². The van der Waals surface area contributed by atoms with Crippen molar-refractivity contribution >= 4 is 22.4 Å². The van der Waals surface area contributed by atoms with Crippen molar-refractivity contribution in [2.24, 2.45) is 0 Å². The molecule has 3 rings (SSSR count). The second-order valence-electron chi connectivity index (χ2n) is 5.73. The normalized spacial score (nSPS) is 11.0. The highest BCUT2D eigenvalue weighted by atomic mass is 32.1. The lowest BCUT2D eigenvalue weighted by Crippen LogP contribution is -2.02. The van der Waals surface area contributed by atoms with Gasteiger partial charge in [0.25, 0.3) is 0 Å². The first-order valence-corrected chi connectivity index (χ1v) is 8.56. The van der Waals surface area contributed by atoms with Crippen LogP contribution in [0.4, 0.5) is 10.8 Å². The third kappa shape index (κ3) is 3.47. The first kappa shape index (κ1) is 16.6. The van der Waals surface area contributed by atoms with E-state index in [1.54, 1.807) is 7.11 Å². The highest BCUT2D eigenvalue weighted by molar-refractivity contribution is 7.09. The quantitative estimate of drug-likeness (QED) is 0.741. The number of nitrogens with zero attached hydrogens (tertiary/aromatic N) is 4. The van der Waals surface area contributed by atoms with E-state index in [2.05, 4.69) is 51.8 Å². The van der Waals surface area contributed by atoms with E-state index in [9.17, 15) is 0 Å². The highest BCUT2D eigenvalue weighted by Gasteiger charge is 2.12. The van der Waals surface area contributed by atoms with Crippen LogP contribution in [0.25, 0.3) is 5.69 Å². The minimum atomic E-state index is 0.625. The van der Waals surface area contributed by atoms with Gasteiger partial charge < -0.3 is 10.1 Å². The van der Waals surface area contributed by atoms with E-state index in [0.29, 0.717) is 6.61 Å². The molecule has 0 saturated carbocycles. The second-order valence-corrected chi connectivity index (χ2v) is 6.48. The predicted molar refractivity (Wildman–Crippen MR) is 96.5 cm³/mol. The standard InChI is InChI=1S/C17H21N5OS/c1-11-5-6-12(2)15(9-11)22-13(3)14(10-18-22)19-17-20-16(21-24-17)7-8-23-4/h5-6,9-10H,7-8H2,1-4H3,(H,19,20,21). The predicted octanol–water partition coefficient (Wildman–Crippen LogP) is 3.58. The first-order valence-electron chi connectivity index (χ1n) is 7.79. The van der Waals surface area contributed by atoms with Crippen molar-refractivity contribution < 1.29 is 4.74 Å². The number of methoxy groups -OCH3 is 1. The molecule has 2 heterocycles. The minimum absolute atomic E-state index is 0.625. The van der Waals surface area contributed by atoms with Crippen molar-refractivity contribution in [3.8, 4) is 5.69 Å². The lowest BCUT2D eigenvalue weighted by atomic mass is 10.1. The summed E-state index contributed by atoms with van der Waals surface area (Å²) in [5, 5.41) is 8.61. The fourth-order valence-corrected chi connectivity index (χ4v) is 3.06. The zero-order chi connectivity index (χ0) is 17.1. The van der Waals surface area contributed by atoms with E-state index in [1.807, 2.05) is 17.8 Å². The van der Waals surface area contributed by atoms with Gasteiger partial charge >= 0.3 is 0 Å². The second kappa shape index (κ2) is 7.11. The van der Waals surface area contributed by atoms with Crippen LogP contribution in [0.1, 0.15) is 22.6 Å². The van der Waals surface area contributed by atoms with E-state index in [-0.39, 0.29) is 0 Å². The van der Waals surface area contributed by atoms with Crippen LogP contribution < -0.4 is 5.32 Å². The number of anilines is 2. The maximum atomic E-state index is 5.06. The molecule has 0 unspecified atom stereocenters. The van der Waals surface area contributed by atoms with Gasteiger partial charge in [0.15, 0.2) is 0 Å². The van der Waals surface area contributed by atoms with Crippen molar-refractivity contribution in [1.29, 1.82) is 0 Å². The fraction of sp³-hybridized carbons (Fsp3) is 0.353. The van der Waals surface area contributed by atoms with E-state index < -0.39 is 0 Å². The fourth-order valence-electron chi connectivity index (χ4n) is 2.44. The number of nitrogens with one attached hydrogen (secondary N) is 1. The molecule has 24 heavy (non-hydrogen) atoms. The summed E-state index contributed by atoms with van der Waals surface area (Å²) >= 11 is 1.35. The summed E-state index contributed by atoms with van der Waals surface area (Å²) in [4.78, 5) is 4.48. The Morgan fingerprint density at radius 1 is 1.25 bits per heavy atom. The van der Waals surface area contributed by atoms with E-state index >= 15 is 0 Å². The summed E-state index contributed by atoms with van der Waals surface area (Å²) in [5.41, 5.74) is 5.48. The van der Waals surface area contributed by atoms with Gasteiger partial charge in [0, 0.05) is 25.1 Å². The third-order valence-corrected chi connectivity index (χ3v) is 4.51. The Kier molecular flexibility index (Phi) is 4.92. The van der Waals surface area contributed by atoms with Gasteiger partial charge in [-0.2, -0.15) is 9.47 Å². The Morgan fingerprint density at radius 3 is 2.88 bits per heavy atom. The van der Waals surface area contributed by atoms with E-state index in [0.717, 1.165) is 34.4 Å². The Bertz CT molecular complexity index is 839. The largest absolute Gasteiger partial charge is 0.384 e. The van der Waals surface area contributed by atoms with Gasteiger partial charge in [0.1, 0.15) is 5.82 Å². The van der Waals surface area contributed by atoms with Crippen molar-refractivity contribution in [1.82, 2.24) is 19.1 Å². The topological polar surface area (TPSA) is 64.9 Å². The molecule has 0 atom stereocenters. The molecular formula is C17H21N5OS. The molecule has 0 aliphatic carbocycles. The molecule has 0 aliphatic rings. The number of hydrogen-bond donors (Lipinski definition) is 1. The Labute approximate surface area is 145 Å². The molecule has 0 fully saturated rings. The van der Waals surface area contributed by atoms with Crippen LogP contribution in [0.2, 0.25) is 0 Å². The summed E-state index contributed by atoms with van der Waals surface area (Å²) in [5.74, 6) is 0.795. The number of rotatable bonds is 6. The van der Waals surface area contributed by atoms with Crippen LogP contribution >= 0.6 is 11.5 Å². The lowest BCUT2D eigenvalue weighted by molar-refractivity contribution is 0.201. The van der Waals surface area contributed by atoms with Crippen LogP contribution in [-0.2, 0) is 11.2 Å². The van der Waals surface area contributed by atoms with Crippen LogP contribution in [0.3, 0.4) is 0 Å². The number of aromatic nitrogens is 4. The molecule has 3 aromatic rings. The smallest absolute Gasteiger partial charge is 0.207 e. The lowest BCUT2D eigenvalue weighted by Gasteiger charge is -2.10. The number of benzene rings is 1. The molecule has 2 aromatic heterocycles. The van der Waals surface area contributed by atoms with Crippen LogP contribution in [0.15, 0.2) is 24.4 Å². The Balaban J connectivity index is 1.82. The molecular weight excluding hydrogens is 322 g/mol. The molecule has 0 aliphatic heterocycles. The maximum absolute atomic E-state index is 5.06. The van der Waals surface area contributed by atoms with Crippen LogP contribution in [-0.4, -0.2) is 32.9 Å². The zero-order valence-corrected chi connectivity index (χ0v) is 15.1. The van der Waals surface area contributed by atoms with Crippen LogP contribution in [0.5, 0.6) is 0 Å². The molecule has 1 aromatic carbocycles. The summed E-state index contributed by atoms with van der Waals surface area (Å²) < 4.78 is 11.3. The third-order valence-electron chi connectivity index (χ3n) is 3.84. The monoisotopic (exact) mass is 343 g/mol. The van der Waals surface area contributed by atoms with Gasteiger partial charge in [0.05, 0.1) is 29.9 Å². The van der Waals surface area contributed by atoms with Gasteiger partial charge in [-0.3, -0.25) is 0 Å². The summed E-state index contributed by atoms with van der Waals surface area (Å²) in [6.45, 7) is 6.85. The minimum Gasteiger partial charge on any atom is -0.384 e. The van der Waals surface area contributed by atoms with Gasteiger partial charge in [-0.1, -0.05) is 12.1 Å². The summed E-state index contributed by atoms with van der Waals surface area (Å²) in [6.07, 6.45) is 2.54. The summed E-state index contributed by atoms with van der Waals surface area (Å²) in [6, 6.07) is 6.37. The van der Waals surface area contributed by atoms with Gasteiger partial charge in [0.2, 0.25) is 5.13 Å². The molecule has 7 heteroatoms. The van der Waals surface area contributed by atoms with Gasteiger partial charge in [-0.05, 0) is 38.0 Å². The molecule has 0 amide bonds. The van der Waals surface area contributed by atoms with Crippen molar-refractivity contribution in [3.05, 3.63) is 47.0 Å². The Hall–Kier alpha value is -2.25. The summed E-state index contributed by atoms with van der Waals surface area (Å²) in [7, 11) is 1.68. The zero-order valence-electron chi connectivity index (χ0n) is 14.3. The van der Waals surface area contributed by atoms with Crippen molar-refractivity contribution in [3.63, 3.8) is 0 Å². The highest BCUT2D eigenvalue weighted by Crippen LogP contribution is 2.25. The van der Waals surface area contributed by atoms with Gasteiger partial charge in [-0.15, -0.1) is 0 Å². The number of hydrogen-bond acceptors (Lipinski definition) is 6. The van der Waals surface area contributed by atoms with Crippen LogP contribution in [0, 0.1) is 20.8 Å². The number of aryl methyl sites for hydroxylation is 2. The maximum Gasteiger partial charge on any atom is 0.207 e. The first-order chi connectivity index (χ1) is 11.6.